The molecule has 1 heterocycles. The maximum Gasteiger partial charge on any atom is 0.229 e. The highest BCUT2D eigenvalue weighted by Crippen LogP contribution is 2.31. The highest BCUT2D eigenvalue weighted by molar-refractivity contribution is 6.04. The third-order valence-corrected chi connectivity index (χ3v) is 4.43. The minimum absolute atomic E-state index is 0.0482. The summed E-state index contributed by atoms with van der Waals surface area (Å²) in [6.45, 7) is 3.71. The largest absolute Gasteiger partial charge is 0.325 e. The molecule has 1 unspecified atom stereocenters. The second-order valence-electron chi connectivity index (χ2n) is 6.23. The van der Waals surface area contributed by atoms with Crippen molar-refractivity contribution >= 4 is 23.2 Å². The monoisotopic (exact) mass is 344 g/mol. The lowest BCUT2D eigenvalue weighted by atomic mass is 10.1. The number of rotatable bonds is 3. The topological polar surface area (TPSA) is 49.4 Å². The van der Waals surface area contributed by atoms with Crippen molar-refractivity contribution in [2.45, 2.75) is 20.3 Å². The molecule has 0 bridgehead atoms. The van der Waals surface area contributed by atoms with E-state index in [4.69, 9.17) is 0 Å². The maximum atomic E-state index is 13.9. The molecule has 0 saturated carbocycles. The Morgan fingerprint density at radius 2 is 1.64 bits per heavy atom. The first-order chi connectivity index (χ1) is 11.9. The number of amides is 2. The van der Waals surface area contributed by atoms with Crippen molar-refractivity contribution in [3.8, 4) is 0 Å². The maximum absolute atomic E-state index is 13.9. The molecule has 3 rings (SSSR count). The van der Waals surface area contributed by atoms with Crippen LogP contribution in [0.25, 0.3) is 0 Å². The van der Waals surface area contributed by atoms with Crippen LogP contribution < -0.4 is 10.2 Å². The van der Waals surface area contributed by atoms with E-state index in [1.165, 1.54) is 6.07 Å². The molecule has 1 aliphatic heterocycles. The normalized spacial score (nSPS) is 17.0. The van der Waals surface area contributed by atoms with E-state index in [0.29, 0.717) is 5.69 Å². The molecule has 1 N–H and O–H groups in total. The molecule has 130 valence electrons. The lowest BCUT2D eigenvalue weighted by Crippen LogP contribution is -2.29. The molecule has 4 nitrogen and oxygen atoms in total. The smallest absolute Gasteiger partial charge is 0.229 e. The Kier molecular flexibility index (Phi) is 4.53. The number of hydrogen-bond acceptors (Lipinski definition) is 2. The number of carbonyl (C=O) groups is 2. The van der Waals surface area contributed by atoms with Crippen molar-refractivity contribution in [2.75, 3.05) is 16.8 Å². The predicted octanol–water partition coefficient (Wildman–Crippen LogP) is 3.57. The van der Waals surface area contributed by atoms with Gasteiger partial charge in [-0.2, -0.15) is 0 Å². The van der Waals surface area contributed by atoms with Crippen molar-refractivity contribution in [3.05, 3.63) is 59.2 Å². The van der Waals surface area contributed by atoms with Crippen molar-refractivity contribution in [1.29, 1.82) is 0 Å². The summed E-state index contributed by atoms with van der Waals surface area (Å²) in [5.41, 5.74) is 2.13. The van der Waals surface area contributed by atoms with Gasteiger partial charge in [-0.15, -0.1) is 0 Å². The second kappa shape index (κ2) is 6.63. The molecule has 1 saturated heterocycles. The van der Waals surface area contributed by atoms with Crippen LogP contribution in [-0.2, 0) is 9.59 Å². The number of nitrogens with zero attached hydrogens (tertiary/aromatic N) is 1. The van der Waals surface area contributed by atoms with E-state index in [-0.39, 0.29) is 18.9 Å². The van der Waals surface area contributed by atoms with E-state index >= 15 is 0 Å². The fourth-order valence-corrected chi connectivity index (χ4v) is 3.08. The Labute approximate surface area is 144 Å². The van der Waals surface area contributed by atoms with Crippen molar-refractivity contribution in [2.24, 2.45) is 5.92 Å². The van der Waals surface area contributed by atoms with Crippen LogP contribution in [-0.4, -0.2) is 18.4 Å². The van der Waals surface area contributed by atoms with Gasteiger partial charge in [0.25, 0.3) is 0 Å². The molecule has 0 radical (unpaired) electrons. The zero-order chi connectivity index (χ0) is 18.1. The van der Waals surface area contributed by atoms with Crippen LogP contribution >= 0.6 is 0 Å². The van der Waals surface area contributed by atoms with Gasteiger partial charge in [-0.25, -0.2) is 8.78 Å². The average Bonchev–Trinajstić information content (AvgIpc) is 2.93. The summed E-state index contributed by atoms with van der Waals surface area (Å²) < 4.78 is 27.8. The molecule has 25 heavy (non-hydrogen) atoms. The van der Waals surface area contributed by atoms with E-state index in [1.54, 1.807) is 0 Å². The van der Waals surface area contributed by atoms with E-state index in [2.05, 4.69) is 5.32 Å². The number of carbonyl (C=O) groups excluding carboxylic acids is 2. The van der Waals surface area contributed by atoms with Crippen molar-refractivity contribution in [3.63, 3.8) is 0 Å². The Bertz CT molecular complexity index is 811. The number of benzene rings is 2. The lowest BCUT2D eigenvalue weighted by molar-refractivity contribution is -0.122. The van der Waals surface area contributed by atoms with Crippen molar-refractivity contribution < 1.29 is 18.4 Å². The highest BCUT2D eigenvalue weighted by atomic mass is 19.1. The molecular weight excluding hydrogens is 326 g/mol. The number of anilines is 2. The Morgan fingerprint density at radius 3 is 2.24 bits per heavy atom. The molecule has 1 fully saturated rings. The van der Waals surface area contributed by atoms with Gasteiger partial charge in [-0.1, -0.05) is 24.3 Å². The standard InChI is InChI=1S/C19H18F2N2O2/c1-11-5-3-6-12(2)17(11)22-19(25)13-9-16(24)23(10-13)18-14(20)7-4-8-15(18)21/h3-8,13H,9-10H2,1-2H3,(H,22,25). The molecule has 2 aromatic carbocycles. The van der Waals surface area contributed by atoms with E-state index < -0.39 is 29.1 Å². The Balaban J connectivity index is 1.80. The second-order valence-corrected chi connectivity index (χ2v) is 6.23. The van der Waals surface area contributed by atoms with Gasteiger partial charge < -0.3 is 10.2 Å². The van der Waals surface area contributed by atoms with E-state index in [9.17, 15) is 18.4 Å². The van der Waals surface area contributed by atoms with Crippen LogP contribution in [0.4, 0.5) is 20.2 Å². The quantitative estimate of drug-likeness (QED) is 0.925. The van der Waals surface area contributed by atoms with E-state index in [0.717, 1.165) is 28.2 Å². The molecule has 1 atom stereocenters. The Hall–Kier alpha value is -2.76. The van der Waals surface area contributed by atoms with Gasteiger partial charge in [0, 0.05) is 18.7 Å². The summed E-state index contributed by atoms with van der Waals surface area (Å²) in [6.07, 6.45) is -0.0788. The summed E-state index contributed by atoms with van der Waals surface area (Å²) in [5.74, 6) is -3.09. The Morgan fingerprint density at radius 1 is 1.08 bits per heavy atom. The number of hydrogen-bond donors (Lipinski definition) is 1. The zero-order valence-corrected chi connectivity index (χ0v) is 14.0. The first-order valence-corrected chi connectivity index (χ1v) is 8.00. The summed E-state index contributed by atoms with van der Waals surface area (Å²) in [5, 5.41) is 2.84. The van der Waals surface area contributed by atoms with Crippen LogP contribution in [0.2, 0.25) is 0 Å². The number of halogens is 2. The third kappa shape index (κ3) is 3.24. The minimum Gasteiger partial charge on any atom is -0.325 e. The predicted molar refractivity (Wildman–Crippen MR) is 91.4 cm³/mol. The summed E-state index contributed by atoms with van der Waals surface area (Å²) in [4.78, 5) is 25.7. The van der Waals surface area contributed by atoms with Gasteiger partial charge in [0.1, 0.15) is 17.3 Å². The fraction of sp³-hybridized carbons (Fsp3) is 0.263. The van der Waals surface area contributed by atoms with Gasteiger partial charge in [-0.05, 0) is 37.1 Å². The van der Waals surface area contributed by atoms with E-state index in [1.807, 2.05) is 32.0 Å². The van der Waals surface area contributed by atoms with Gasteiger partial charge in [0.05, 0.1) is 5.92 Å². The molecule has 1 aliphatic rings. The van der Waals surface area contributed by atoms with Crippen LogP contribution in [0.5, 0.6) is 0 Å². The van der Waals surface area contributed by atoms with Gasteiger partial charge in [0.15, 0.2) is 0 Å². The number of nitrogens with one attached hydrogen (secondary N) is 1. The van der Waals surface area contributed by atoms with Gasteiger partial charge in [-0.3, -0.25) is 9.59 Å². The van der Waals surface area contributed by atoms with Crippen LogP contribution in [0.15, 0.2) is 36.4 Å². The lowest BCUT2D eigenvalue weighted by Gasteiger charge is -2.18. The zero-order valence-electron chi connectivity index (χ0n) is 14.0. The number of aryl methyl sites for hydroxylation is 2. The molecule has 2 aromatic rings. The molecule has 0 aliphatic carbocycles. The third-order valence-electron chi connectivity index (χ3n) is 4.43. The van der Waals surface area contributed by atoms with Gasteiger partial charge in [0.2, 0.25) is 11.8 Å². The molecule has 6 heteroatoms. The summed E-state index contributed by atoms with van der Waals surface area (Å²) in [6, 6.07) is 9.07. The van der Waals surface area contributed by atoms with Crippen LogP contribution in [0.1, 0.15) is 17.5 Å². The first-order valence-electron chi connectivity index (χ1n) is 8.00. The van der Waals surface area contributed by atoms with Crippen LogP contribution in [0, 0.1) is 31.4 Å². The van der Waals surface area contributed by atoms with Crippen LogP contribution in [0.3, 0.4) is 0 Å². The molecule has 0 aromatic heterocycles. The molecule has 2 amide bonds. The van der Waals surface area contributed by atoms with Crippen molar-refractivity contribution in [1.82, 2.24) is 0 Å². The minimum atomic E-state index is -0.816. The molecular formula is C19H18F2N2O2. The summed E-state index contributed by atoms with van der Waals surface area (Å²) >= 11 is 0. The first kappa shape index (κ1) is 17.1. The average molecular weight is 344 g/mol. The fourth-order valence-electron chi connectivity index (χ4n) is 3.08. The summed E-state index contributed by atoms with van der Waals surface area (Å²) in [7, 11) is 0. The number of para-hydroxylation sites is 2. The highest BCUT2D eigenvalue weighted by Gasteiger charge is 2.37. The molecule has 0 spiro atoms. The SMILES string of the molecule is Cc1cccc(C)c1NC(=O)C1CC(=O)N(c2c(F)cccc2F)C1. The van der Waals surface area contributed by atoms with Gasteiger partial charge >= 0.3 is 0 Å².